The van der Waals surface area contributed by atoms with Crippen LogP contribution in [0, 0.1) is 5.41 Å². The lowest BCUT2D eigenvalue weighted by atomic mass is 9.97. The van der Waals surface area contributed by atoms with Gasteiger partial charge in [-0.25, -0.2) is 9.67 Å². The van der Waals surface area contributed by atoms with Crippen molar-refractivity contribution >= 4 is 37.9 Å². The number of aromatic nitrogens is 4. The molecule has 30 heavy (non-hydrogen) atoms. The Morgan fingerprint density at radius 2 is 1.93 bits per heavy atom. The van der Waals surface area contributed by atoms with Crippen LogP contribution >= 0.6 is 15.9 Å². The maximum atomic E-state index is 10.5. The highest BCUT2D eigenvalue weighted by molar-refractivity contribution is 9.10. The molecular formula is C23H25BrN4O2. The first-order valence-corrected chi connectivity index (χ1v) is 10.8. The molecule has 156 valence electrons. The molecule has 0 fully saturated rings. The highest BCUT2D eigenvalue weighted by Crippen LogP contribution is 2.38. The molecule has 0 spiro atoms. The number of aliphatic hydroxyl groups is 1. The van der Waals surface area contributed by atoms with E-state index in [2.05, 4.69) is 52.0 Å². The average molecular weight is 469 g/mol. The van der Waals surface area contributed by atoms with E-state index >= 15 is 0 Å². The zero-order valence-corrected chi connectivity index (χ0v) is 19.1. The fourth-order valence-electron chi connectivity index (χ4n) is 3.39. The normalized spacial score (nSPS) is 13.1. The van der Waals surface area contributed by atoms with Crippen molar-refractivity contribution in [1.82, 2.24) is 20.0 Å². The van der Waals surface area contributed by atoms with Gasteiger partial charge < -0.3 is 9.84 Å². The van der Waals surface area contributed by atoms with Gasteiger partial charge in [0.1, 0.15) is 11.3 Å². The number of halogens is 1. The minimum atomic E-state index is -0.660. The van der Waals surface area contributed by atoms with Crippen molar-refractivity contribution in [3.05, 3.63) is 52.5 Å². The van der Waals surface area contributed by atoms with E-state index in [9.17, 15) is 5.11 Å². The molecule has 0 saturated carbocycles. The van der Waals surface area contributed by atoms with Gasteiger partial charge in [0, 0.05) is 17.5 Å². The number of benzene rings is 2. The summed E-state index contributed by atoms with van der Waals surface area (Å²) < 4.78 is 8.82. The summed E-state index contributed by atoms with van der Waals surface area (Å²) in [4.78, 5) is 4.67. The van der Waals surface area contributed by atoms with E-state index in [4.69, 9.17) is 4.74 Å². The molecule has 0 bridgehead atoms. The van der Waals surface area contributed by atoms with Gasteiger partial charge in [0.05, 0.1) is 21.6 Å². The highest BCUT2D eigenvalue weighted by Gasteiger charge is 2.20. The quantitative estimate of drug-likeness (QED) is 0.387. The molecule has 0 saturated heterocycles. The Morgan fingerprint density at radius 3 is 2.67 bits per heavy atom. The zero-order chi connectivity index (χ0) is 21.5. The molecule has 4 aromatic rings. The molecule has 1 atom stereocenters. The highest BCUT2D eigenvalue weighted by atomic mass is 79.9. The van der Waals surface area contributed by atoms with Crippen molar-refractivity contribution < 1.29 is 9.84 Å². The van der Waals surface area contributed by atoms with Crippen molar-refractivity contribution in [3.8, 4) is 11.6 Å². The summed E-state index contributed by atoms with van der Waals surface area (Å²) in [7, 11) is 0. The fourth-order valence-corrected chi connectivity index (χ4v) is 3.89. The monoisotopic (exact) mass is 468 g/mol. The predicted molar refractivity (Wildman–Crippen MR) is 122 cm³/mol. The number of hydrogen-bond donors (Lipinski definition) is 1. The lowest BCUT2D eigenvalue weighted by molar-refractivity contribution is 0.170. The van der Waals surface area contributed by atoms with Crippen LogP contribution in [0.2, 0.25) is 0 Å². The second-order valence-corrected chi connectivity index (χ2v) is 9.45. The molecule has 0 amide bonds. The molecule has 2 heterocycles. The Bertz CT molecular complexity index is 1210. The molecule has 1 N–H and O–H groups in total. The molecule has 7 heteroatoms. The average Bonchev–Trinajstić information content (AvgIpc) is 3.10. The summed E-state index contributed by atoms with van der Waals surface area (Å²) in [6.07, 6.45) is -0.0928. The lowest BCUT2D eigenvalue weighted by Crippen LogP contribution is -2.16. The first-order chi connectivity index (χ1) is 14.3. The molecule has 4 rings (SSSR count). The van der Waals surface area contributed by atoms with E-state index in [0.717, 1.165) is 28.5 Å². The van der Waals surface area contributed by atoms with E-state index < -0.39 is 6.10 Å². The largest absolute Gasteiger partial charge is 0.437 e. The van der Waals surface area contributed by atoms with Crippen molar-refractivity contribution in [2.75, 3.05) is 0 Å². The number of para-hydroxylation sites is 1. The molecule has 0 radical (unpaired) electrons. The Labute approximate surface area is 184 Å². The van der Waals surface area contributed by atoms with Crippen LogP contribution < -0.4 is 4.74 Å². The van der Waals surface area contributed by atoms with Crippen molar-refractivity contribution in [1.29, 1.82) is 0 Å². The Hall–Kier alpha value is -2.51. The number of fused-ring (bicyclic) bond motifs is 2. The lowest BCUT2D eigenvalue weighted by Gasteiger charge is -2.18. The van der Waals surface area contributed by atoms with Crippen molar-refractivity contribution in [2.24, 2.45) is 5.41 Å². The van der Waals surface area contributed by atoms with Crippen LogP contribution in [-0.4, -0.2) is 25.1 Å². The van der Waals surface area contributed by atoms with Crippen LogP contribution in [0.25, 0.3) is 21.9 Å². The minimum absolute atomic E-state index is 0.0858. The van der Waals surface area contributed by atoms with Gasteiger partial charge in [-0.15, -0.1) is 5.10 Å². The summed E-state index contributed by atoms with van der Waals surface area (Å²) in [5.41, 5.74) is 3.23. The minimum Gasteiger partial charge on any atom is -0.437 e. The smallest absolute Gasteiger partial charge is 0.225 e. The van der Waals surface area contributed by atoms with Crippen LogP contribution in [0.1, 0.15) is 45.8 Å². The third-order valence-electron chi connectivity index (χ3n) is 4.88. The Morgan fingerprint density at radius 1 is 1.17 bits per heavy atom. The number of pyridine rings is 1. The topological polar surface area (TPSA) is 73.1 Å². The number of nitrogens with zero attached hydrogens (tertiary/aromatic N) is 4. The molecule has 1 unspecified atom stereocenters. The molecule has 6 nitrogen and oxygen atoms in total. The van der Waals surface area contributed by atoms with Gasteiger partial charge in [0.25, 0.3) is 0 Å². The number of rotatable bonds is 5. The van der Waals surface area contributed by atoms with E-state index in [-0.39, 0.29) is 5.41 Å². The van der Waals surface area contributed by atoms with Gasteiger partial charge in [-0.05, 0) is 52.0 Å². The van der Waals surface area contributed by atoms with E-state index in [1.54, 1.807) is 0 Å². The Kier molecular flexibility index (Phi) is 5.51. The number of hydrogen-bond acceptors (Lipinski definition) is 5. The molecule has 2 aromatic heterocycles. The van der Waals surface area contributed by atoms with Gasteiger partial charge in [-0.1, -0.05) is 51.1 Å². The van der Waals surface area contributed by atoms with Gasteiger partial charge in [-0.3, -0.25) is 0 Å². The van der Waals surface area contributed by atoms with Crippen molar-refractivity contribution in [2.45, 2.75) is 46.8 Å². The zero-order valence-electron chi connectivity index (χ0n) is 17.6. The van der Waals surface area contributed by atoms with Gasteiger partial charge in [-0.2, -0.15) is 0 Å². The first kappa shape index (κ1) is 20.8. The van der Waals surface area contributed by atoms with E-state index in [1.807, 2.05) is 54.1 Å². The standard InChI is InChI=1S/C23H25BrN4O2/c1-5-18(29)15-12-14-8-6-7-9-16(14)25-22(15)30-19-11-10-17-21(20(19)24)26-27-28(17)13-23(2,3)4/h6-12,18,29H,5,13H2,1-4H3. The first-order valence-electron chi connectivity index (χ1n) is 10.0. The fraction of sp³-hybridized carbons (Fsp3) is 0.348. The second-order valence-electron chi connectivity index (χ2n) is 8.65. The molecule has 0 aliphatic carbocycles. The van der Waals surface area contributed by atoms with Crippen LogP contribution in [0.4, 0.5) is 0 Å². The van der Waals surface area contributed by atoms with Crippen LogP contribution in [0.5, 0.6) is 11.6 Å². The van der Waals surface area contributed by atoms with Gasteiger partial charge >= 0.3 is 0 Å². The third-order valence-corrected chi connectivity index (χ3v) is 5.65. The maximum absolute atomic E-state index is 10.5. The summed E-state index contributed by atoms with van der Waals surface area (Å²) in [5.74, 6) is 0.975. The molecule has 2 aromatic carbocycles. The molecular weight excluding hydrogens is 444 g/mol. The maximum Gasteiger partial charge on any atom is 0.225 e. The van der Waals surface area contributed by atoms with Crippen LogP contribution in [0.3, 0.4) is 0 Å². The number of aliphatic hydroxyl groups excluding tert-OH is 1. The summed E-state index contributed by atoms with van der Waals surface area (Å²) in [6, 6.07) is 13.6. The van der Waals surface area contributed by atoms with Gasteiger partial charge in [0.2, 0.25) is 5.88 Å². The summed E-state index contributed by atoms with van der Waals surface area (Å²) >= 11 is 3.63. The predicted octanol–water partition coefficient (Wildman–Crippen LogP) is 6.02. The van der Waals surface area contributed by atoms with E-state index in [0.29, 0.717) is 28.1 Å². The summed E-state index contributed by atoms with van der Waals surface area (Å²) in [5, 5.41) is 20.2. The molecule has 0 aliphatic heterocycles. The molecule has 0 aliphatic rings. The van der Waals surface area contributed by atoms with Gasteiger partial charge in [0.15, 0.2) is 0 Å². The van der Waals surface area contributed by atoms with Crippen molar-refractivity contribution in [3.63, 3.8) is 0 Å². The second kappa shape index (κ2) is 7.96. The summed E-state index contributed by atoms with van der Waals surface area (Å²) in [6.45, 7) is 9.19. The third kappa shape index (κ3) is 4.04. The SMILES string of the molecule is CCC(O)c1cc2ccccc2nc1Oc1ccc2c(nnn2CC(C)(C)C)c1Br. The Balaban J connectivity index is 1.77. The van der Waals surface area contributed by atoms with Crippen LogP contribution in [0.15, 0.2) is 46.9 Å². The van der Waals surface area contributed by atoms with E-state index in [1.165, 1.54) is 0 Å². The number of ether oxygens (including phenoxy) is 1. The van der Waals surface area contributed by atoms with Crippen LogP contribution in [-0.2, 0) is 6.54 Å².